The summed E-state index contributed by atoms with van der Waals surface area (Å²) in [5.41, 5.74) is 0.994. The van der Waals surface area contributed by atoms with Crippen LogP contribution in [0, 0.1) is 5.82 Å². The molecule has 29 heavy (non-hydrogen) atoms. The Bertz CT molecular complexity index is 659. The van der Waals surface area contributed by atoms with E-state index in [4.69, 9.17) is 9.47 Å². The van der Waals surface area contributed by atoms with E-state index in [1.807, 2.05) is 7.05 Å². The van der Waals surface area contributed by atoms with E-state index in [-0.39, 0.29) is 18.0 Å². The van der Waals surface area contributed by atoms with Gasteiger partial charge >= 0.3 is 0 Å². The van der Waals surface area contributed by atoms with Gasteiger partial charge < -0.3 is 19.7 Å². The van der Waals surface area contributed by atoms with Gasteiger partial charge in [0.1, 0.15) is 11.9 Å². The van der Waals surface area contributed by atoms with Gasteiger partial charge in [0.15, 0.2) is 5.96 Å². The van der Waals surface area contributed by atoms with Gasteiger partial charge in [-0.15, -0.1) is 0 Å². The number of morpholine rings is 2. The summed E-state index contributed by atoms with van der Waals surface area (Å²) in [6, 6.07) is 6.58. The maximum atomic E-state index is 13.2. The van der Waals surface area contributed by atoms with Crippen molar-refractivity contribution < 1.29 is 13.9 Å². The van der Waals surface area contributed by atoms with Gasteiger partial charge in [0, 0.05) is 39.8 Å². The summed E-state index contributed by atoms with van der Waals surface area (Å²) in [7, 11) is 1.82. The van der Waals surface area contributed by atoms with Crippen LogP contribution in [-0.4, -0.2) is 80.4 Å². The average molecular weight is 407 g/mol. The number of nitrogens with zero attached hydrogens (tertiary/aromatic N) is 3. The fourth-order valence-electron chi connectivity index (χ4n) is 4.29. The number of hydrogen-bond acceptors (Lipinski definition) is 4. The average Bonchev–Trinajstić information content (AvgIpc) is 2.67. The number of halogens is 1. The van der Waals surface area contributed by atoms with E-state index in [9.17, 15) is 4.39 Å². The van der Waals surface area contributed by atoms with Crippen molar-refractivity contribution in [3.05, 3.63) is 35.6 Å². The topological polar surface area (TPSA) is 49.3 Å². The Kier molecular flexibility index (Phi) is 7.86. The summed E-state index contributed by atoms with van der Waals surface area (Å²) in [6.45, 7) is 11.8. The first-order valence-electron chi connectivity index (χ1n) is 10.7. The quantitative estimate of drug-likeness (QED) is 0.463. The van der Waals surface area contributed by atoms with Gasteiger partial charge in [-0.2, -0.15) is 0 Å². The van der Waals surface area contributed by atoms with Crippen LogP contribution in [0.3, 0.4) is 0 Å². The second-order valence-corrected chi connectivity index (χ2v) is 8.24. The van der Waals surface area contributed by atoms with Crippen molar-refractivity contribution >= 4 is 5.96 Å². The molecule has 1 N–H and O–H groups in total. The lowest BCUT2D eigenvalue weighted by Crippen LogP contribution is -2.51. The van der Waals surface area contributed by atoms with Crippen LogP contribution in [0.4, 0.5) is 4.39 Å². The van der Waals surface area contributed by atoms with Crippen molar-refractivity contribution in [1.82, 2.24) is 15.1 Å². The van der Waals surface area contributed by atoms with Gasteiger partial charge in [-0.05, 0) is 44.9 Å². The molecular weight excluding hydrogens is 371 g/mol. The minimum Gasteiger partial charge on any atom is -0.373 e. The summed E-state index contributed by atoms with van der Waals surface area (Å²) >= 11 is 0. The summed E-state index contributed by atoms with van der Waals surface area (Å²) in [4.78, 5) is 9.19. The van der Waals surface area contributed by atoms with Gasteiger partial charge in [0.25, 0.3) is 0 Å². The second kappa shape index (κ2) is 10.4. The molecule has 2 saturated heterocycles. The number of rotatable bonds is 5. The van der Waals surface area contributed by atoms with Crippen LogP contribution in [0.2, 0.25) is 0 Å². The molecule has 6 nitrogen and oxygen atoms in total. The first-order valence-corrected chi connectivity index (χ1v) is 10.7. The van der Waals surface area contributed by atoms with Gasteiger partial charge in [-0.3, -0.25) is 9.89 Å². The molecule has 2 aliphatic rings. The maximum Gasteiger partial charge on any atom is 0.193 e. The monoisotopic (exact) mass is 406 g/mol. The second-order valence-electron chi connectivity index (χ2n) is 8.24. The highest BCUT2D eigenvalue weighted by Gasteiger charge is 2.28. The lowest BCUT2D eigenvalue weighted by molar-refractivity contribution is -0.0680. The summed E-state index contributed by atoms with van der Waals surface area (Å²) in [5.74, 6) is 0.673. The van der Waals surface area contributed by atoms with Crippen molar-refractivity contribution in [3.63, 3.8) is 0 Å². The zero-order chi connectivity index (χ0) is 20.8. The molecule has 0 aliphatic carbocycles. The van der Waals surface area contributed by atoms with E-state index in [0.29, 0.717) is 18.8 Å². The molecule has 162 valence electrons. The van der Waals surface area contributed by atoms with E-state index < -0.39 is 0 Å². The first-order chi connectivity index (χ1) is 13.9. The van der Waals surface area contributed by atoms with Crippen LogP contribution < -0.4 is 5.32 Å². The molecule has 4 atom stereocenters. The first kappa shape index (κ1) is 22.0. The van der Waals surface area contributed by atoms with E-state index in [2.05, 4.69) is 40.9 Å². The fraction of sp³-hybridized carbons (Fsp3) is 0.682. The molecule has 2 fully saturated rings. The standard InChI is InChI=1S/C22H35FN4O2/c1-16-12-26(13-17(2)28-16)11-5-10-25-22(24-4)27-14-18(3)29-21(15-27)19-6-8-20(23)9-7-19/h6-9,16-18,21H,5,10-15H2,1-4H3,(H,24,25). The third-order valence-corrected chi connectivity index (χ3v) is 5.44. The van der Waals surface area contributed by atoms with E-state index >= 15 is 0 Å². The smallest absolute Gasteiger partial charge is 0.193 e. The highest BCUT2D eigenvalue weighted by molar-refractivity contribution is 5.80. The number of guanidine groups is 1. The minimum atomic E-state index is -0.226. The van der Waals surface area contributed by atoms with Crippen molar-refractivity contribution in [2.24, 2.45) is 4.99 Å². The maximum absolute atomic E-state index is 13.2. The third kappa shape index (κ3) is 6.39. The molecule has 0 aromatic heterocycles. The van der Waals surface area contributed by atoms with Crippen LogP contribution >= 0.6 is 0 Å². The molecule has 0 amide bonds. The van der Waals surface area contributed by atoms with Crippen molar-refractivity contribution in [2.75, 3.05) is 46.3 Å². The molecule has 1 aromatic rings. The molecule has 0 spiro atoms. The van der Waals surface area contributed by atoms with Crippen LogP contribution in [-0.2, 0) is 9.47 Å². The predicted molar refractivity (Wildman–Crippen MR) is 114 cm³/mol. The van der Waals surface area contributed by atoms with Gasteiger partial charge in [0.2, 0.25) is 0 Å². The zero-order valence-corrected chi connectivity index (χ0v) is 18.1. The number of ether oxygens (including phenoxy) is 2. The summed E-state index contributed by atoms with van der Waals surface area (Å²) in [6.07, 6.45) is 1.65. The summed E-state index contributed by atoms with van der Waals surface area (Å²) in [5, 5.41) is 3.51. The Morgan fingerprint density at radius 3 is 2.34 bits per heavy atom. The molecule has 0 radical (unpaired) electrons. The Labute approximate surface area is 174 Å². The normalized spacial score (nSPS) is 29.1. The van der Waals surface area contributed by atoms with Crippen LogP contribution in [0.15, 0.2) is 29.3 Å². The fourth-order valence-corrected chi connectivity index (χ4v) is 4.29. The minimum absolute atomic E-state index is 0.0775. The number of benzene rings is 1. The lowest BCUT2D eigenvalue weighted by Gasteiger charge is -2.39. The Morgan fingerprint density at radius 2 is 1.69 bits per heavy atom. The SMILES string of the molecule is CN=C(NCCCN1CC(C)OC(C)C1)N1CC(C)OC(c2ccc(F)cc2)C1. The van der Waals surface area contributed by atoms with E-state index in [1.165, 1.54) is 12.1 Å². The molecule has 3 rings (SSSR count). The van der Waals surface area contributed by atoms with E-state index in [0.717, 1.165) is 50.7 Å². The largest absolute Gasteiger partial charge is 0.373 e. The zero-order valence-electron chi connectivity index (χ0n) is 18.1. The van der Waals surface area contributed by atoms with Crippen LogP contribution in [0.1, 0.15) is 38.9 Å². The Morgan fingerprint density at radius 1 is 1.03 bits per heavy atom. The molecule has 1 aromatic carbocycles. The van der Waals surface area contributed by atoms with E-state index in [1.54, 1.807) is 12.1 Å². The number of aliphatic imine (C=N–C) groups is 1. The molecular formula is C22H35FN4O2. The molecule has 2 heterocycles. The van der Waals surface area contributed by atoms with Crippen molar-refractivity contribution in [2.45, 2.75) is 51.6 Å². The Balaban J connectivity index is 1.49. The highest BCUT2D eigenvalue weighted by atomic mass is 19.1. The van der Waals surface area contributed by atoms with Gasteiger partial charge in [-0.25, -0.2) is 4.39 Å². The molecule has 4 unspecified atom stereocenters. The molecule has 0 saturated carbocycles. The van der Waals surface area contributed by atoms with Gasteiger partial charge in [0.05, 0.1) is 24.9 Å². The summed E-state index contributed by atoms with van der Waals surface area (Å²) < 4.78 is 25.2. The number of nitrogens with one attached hydrogen (secondary N) is 1. The van der Waals surface area contributed by atoms with Crippen LogP contribution in [0.5, 0.6) is 0 Å². The Hall–Kier alpha value is -1.70. The predicted octanol–water partition coefficient (Wildman–Crippen LogP) is 2.66. The van der Waals surface area contributed by atoms with Crippen LogP contribution in [0.25, 0.3) is 0 Å². The molecule has 7 heteroatoms. The van der Waals surface area contributed by atoms with Crippen molar-refractivity contribution in [1.29, 1.82) is 0 Å². The highest BCUT2D eigenvalue weighted by Crippen LogP contribution is 2.25. The van der Waals surface area contributed by atoms with Gasteiger partial charge in [-0.1, -0.05) is 12.1 Å². The molecule has 2 aliphatic heterocycles. The van der Waals surface area contributed by atoms with Crippen molar-refractivity contribution in [3.8, 4) is 0 Å². The third-order valence-electron chi connectivity index (χ3n) is 5.44. The molecule has 0 bridgehead atoms. The number of hydrogen-bond donors (Lipinski definition) is 1. The lowest BCUT2D eigenvalue weighted by atomic mass is 10.1.